The third-order valence-electron chi connectivity index (χ3n) is 15.1. The highest BCUT2D eigenvalue weighted by atomic mass is 16.3. The van der Waals surface area contributed by atoms with Crippen LogP contribution in [0.4, 0.5) is 0 Å². The zero-order chi connectivity index (χ0) is 50.6. The highest BCUT2D eigenvalue weighted by molar-refractivity contribution is 5.76. The van der Waals surface area contributed by atoms with Gasteiger partial charge in [-0.3, -0.25) is 4.79 Å². The average molecular weight is 983 g/mol. The normalized spacial score (nSPS) is 12.9. The molecule has 0 aliphatic heterocycles. The molecule has 4 heteroatoms. The smallest absolute Gasteiger partial charge is 0.220 e. The van der Waals surface area contributed by atoms with Crippen molar-refractivity contribution in [1.82, 2.24) is 5.32 Å². The lowest BCUT2D eigenvalue weighted by Crippen LogP contribution is -2.45. The van der Waals surface area contributed by atoms with E-state index in [1.807, 2.05) is 6.08 Å². The molecule has 0 spiro atoms. The average Bonchev–Trinajstić information content (AvgIpc) is 3.36. The third kappa shape index (κ3) is 57.5. The van der Waals surface area contributed by atoms with Gasteiger partial charge in [-0.1, -0.05) is 346 Å². The molecule has 0 rings (SSSR count). The van der Waals surface area contributed by atoms with Gasteiger partial charge < -0.3 is 15.5 Å². The number of unbranched alkanes of at least 4 members (excludes halogenated alkanes) is 49. The first kappa shape index (κ1) is 68.6. The van der Waals surface area contributed by atoms with Crippen LogP contribution in [0.2, 0.25) is 0 Å². The quantitative estimate of drug-likeness (QED) is 0.0420. The van der Waals surface area contributed by atoms with E-state index in [9.17, 15) is 15.0 Å². The summed E-state index contributed by atoms with van der Waals surface area (Å²) in [5.74, 6) is -0.0703. The lowest BCUT2D eigenvalue weighted by atomic mass is 10.0. The molecule has 0 bridgehead atoms. The molecule has 1 amide bonds. The van der Waals surface area contributed by atoms with Crippen LogP contribution in [0.3, 0.4) is 0 Å². The number of amides is 1. The molecule has 414 valence electrons. The van der Waals surface area contributed by atoms with Gasteiger partial charge in [0.25, 0.3) is 0 Å². The molecule has 2 atom stereocenters. The van der Waals surface area contributed by atoms with Crippen LogP contribution in [0.5, 0.6) is 0 Å². The fraction of sp³-hybridized carbons (Fsp3) is 0.894. The lowest BCUT2D eigenvalue weighted by molar-refractivity contribution is -0.123. The molecular weight excluding hydrogens is 855 g/mol. The van der Waals surface area contributed by atoms with E-state index in [0.29, 0.717) is 6.42 Å². The van der Waals surface area contributed by atoms with Gasteiger partial charge in [-0.25, -0.2) is 0 Å². The molecule has 0 aliphatic carbocycles. The Hall–Kier alpha value is -1.39. The van der Waals surface area contributed by atoms with Crippen LogP contribution in [0.25, 0.3) is 0 Å². The van der Waals surface area contributed by atoms with E-state index in [2.05, 4.69) is 43.5 Å². The lowest BCUT2D eigenvalue weighted by Gasteiger charge is -2.19. The number of rotatable bonds is 60. The summed E-state index contributed by atoms with van der Waals surface area (Å²) in [5, 5.41) is 23.2. The first-order valence-corrected chi connectivity index (χ1v) is 32.2. The minimum Gasteiger partial charge on any atom is -0.394 e. The van der Waals surface area contributed by atoms with Gasteiger partial charge in [0.2, 0.25) is 5.91 Å². The molecule has 0 aromatic rings. The van der Waals surface area contributed by atoms with Crippen LogP contribution in [0.1, 0.15) is 361 Å². The van der Waals surface area contributed by atoms with Crippen LogP contribution in [0.15, 0.2) is 36.5 Å². The van der Waals surface area contributed by atoms with Gasteiger partial charge in [0, 0.05) is 6.42 Å². The molecule has 0 aliphatic rings. The number of aliphatic hydroxyl groups excluding tert-OH is 2. The topological polar surface area (TPSA) is 69.6 Å². The summed E-state index contributed by atoms with van der Waals surface area (Å²) >= 11 is 0. The van der Waals surface area contributed by atoms with Gasteiger partial charge in [-0.05, 0) is 44.9 Å². The summed E-state index contributed by atoms with van der Waals surface area (Å²) in [4.78, 5) is 12.5. The number of hydrogen-bond donors (Lipinski definition) is 3. The van der Waals surface area contributed by atoms with Gasteiger partial charge in [-0.2, -0.15) is 0 Å². The summed E-state index contributed by atoms with van der Waals surface area (Å²) in [5.41, 5.74) is 0. The van der Waals surface area contributed by atoms with Crippen molar-refractivity contribution < 1.29 is 15.0 Å². The maximum atomic E-state index is 12.5. The predicted octanol–water partition coefficient (Wildman–Crippen LogP) is 21.6. The van der Waals surface area contributed by atoms with Crippen molar-refractivity contribution in [2.75, 3.05) is 6.61 Å². The maximum Gasteiger partial charge on any atom is 0.220 e. The molecular formula is C66H127NO3. The summed E-state index contributed by atoms with van der Waals surface area (Å²) in [7, 11) is 0. The third-order valence-corrected chi connectivity index (χ3v) is 15.1. The Morgan fingerprint density at radius 1 is 0.329 bits per heavy atom. The monoisotopic (exact) mass is 982 g/mol. The highest BCUT2D eigenvalue weighted by Gasteiger charge is 2.18. The van der Waals surface area contributed by atoms with Crippen molar-refractivity contribution in [2.45, 2.75) is 373 Å². The van der Waals surface area contributed by atoms with Crippen LogP contribution >= 0.6 is 0 Å². The predicted molar refractivity (Wildman–Crippen MR) is 313 cm³/mol. The number of hydrogen-bond acceptors (Lipinski definition) is 3. The van der Waals surface area contributed by atoms with Gasteiger partial charge in [0.15, 0.2) is 0 Å². The van der Waals surface area contributed by atoms with Crippen molar-refractivity contribution in [3.05, 3.63) is 36.5 Å². The van der Waals surface area contributed by atoms with E-state index in [4.69, 9.17) is 0 Å². The van der Waals surface area contributed by atoms with Crippen molar-refractivity contribution in [1.29, 1.82) is 0 Å². The molecule has 0 radical (unpaired) electrons. The number of carbonyl (C=O) groups is 1. The van der Waals surface area contributed by atoms with E-state index < -0.39 is 12.1 Å². The Bertz CT molecular complexity index is 1070. The van der Waals surface area contributed by atoms with E-state index in [1.165, 1.54) is 302 Å². The van der Waals surface area contributed by atoms with Crippen molar-refractivity contribution in [2.24, 2.45) is 0 Å². The van der Waals surface area contributed by atoms with Crippen LogP contribution in [-0.4, -0.2) is 34.9 Å². The Balaban J connectivity index is 3.48. The van der Waals surface area contributed by atoms with Gasteiger partial charge in [0.1, 0.15) is 0 Å². The SMILES string of the molecule is CCCCCCCCCCCCCCCCCCCCC/C=C/CC/C=C/CC/C=C/C(O)C(CO)NC(=O)CCCCCCCCCCCCCCCCCCCCCCCCCCCCCCC. The van der Waals surface area contributed by atoms with Crippen LogP contribution in [-0.2, 0) is 4.79 Å². The highest BCUT2D eigenvalue weighted by Crippen LogP contribution is 2.18. The molecule has 3 N–H and O–H groups in total. The number of allylic oxidation sites excluding steroid dienone is 5. The molecule has 0 saturated carbocycles. The zero-order valence-corrected chi connectivity index (χ0v) is 47.8. The summed E-state index contributed by atoms with van der Waals surface area (Å²) in [6.07, 6.45) is 85.0. The summed E-state index contributed by atoms with van der Waals surface area (Å²) in [6, 6.07) is -0.645. The Morgan fingerprint density at radius 2 is 0.557 bits per heavy atom. The van der Waals surface area contributed by atoms with Crippen LogP contribution < -0.4 is 5.32 Å². The molecule has 0 aromatic heterocycles. The molecule has 0 heterocycles. The molecule has 0 aromatic carbocycles. The zero-order valence-electron chi connectivity index (χ0n) is 47.8. The molecule has 2 unspecified atom stereocenters. The number of carbonyl (C=O) groups excluding carboxylic acids is 1. The Morgan fingerprint density at radius 3 is 0.829 bits per heavy atom. The van der Waals surface area contributed by atoms with E-state index >= 15 is 0 Å². The standard InChI is InChI=1S/C66H127NO3/c1-3-5-7-9-11-13-15-17-19-21-23-25-27-29-31-33-35-37-39-41-43-45-47-49-51-53-55-57-59-61-65(69)64(63-68)67-66(70)62-60-58-56-54-52-50-48-46-44-42-40-38-36-34-32-30-28-26-24-22-20-18-16-14-12-10-8-6-4-2/h43,45,51,53,59,61,64-65,68-69H,3-42,44,46-50,52,54-58,60,62-63H2,1-2H3,(H,67,70)/b45-43+,53-51+,61-59+. The van der Waals surface area contributed by atoms with Crippen molar-refractivity contribution >= 4 is 5.91 Å². The molecule has 4 nitrogen and oxygen atoms in total. The Labute approximate surface area is 440 Å². The van der Waals surface area contributed by atoms with Gasteiger partial charge in [-0.15, -0.1) is 0 Å². The fourth-order valence-corrected chi connectivity index (χ4v) is 10.2. The second-order valence-electron chi connectivity index (χ2n) is 22.2. The van der Waals surface area contributed by atoms with Gasteiger partial charge in [0.05, 0.1) is 18.8 Å². The second-order valence-corrected chi connectivity index (χ2v) is 22.2. The van der Waals surface area contributed by atoms with E-state index in [-0.39, 0.29) is 12.5 Å². The van der Waals surface area contributed by atoms with E-state index in [1.54, 1.807) is 6.08 Å². The van der Waals surface area contributed by atoms with Crippen LogP contribution in [0, 0.1) is 0 Å². The largest absolute Gasteiger partial charge is 0.394 e. The first-order valence-electron chi connectivity index (χ1n) is 32.2. The summed E-state index contributed by atoms with van der Waals surface area (Å²) in [6.45, 7) is 4.34. The number of aliphatic hydroxyl groups is 2. The van der Waals surface area contributed by atoms with Crippen molar-refractivity contribution in [3.8, 4) is 0 Å². The minimum absolute atomic E-state index is 0.0703. The first-order chi connectivity index (χ1) is 34.7. The molecule has 0 saturated heterocycles. The van der Waals surface area contributed by atoms with E-state index in [0.717, 1.165) is 38.5 Å². The number of nitrogens with one attached hydrogen (secondary N) is 1. The molecule has 0 fully saturated rings. The minimum atomic E-state index is -0.870. The van der Waals surface area contributed by atoms with Gasteiger partial charge >= 0.3 is 0 Å². The maximum absolute atomic E-state index is 12.5. The molecule has 70 heavy (non-hydrogen) atoms. The Kier molecular flexibility index (Phi) is 60.7. The fourth-order valence-electron chi connectivity index (χ4n) is 10.2. The van der Waals surface area contributed by atoms with Crippen molar-refractivity contribution in [3.63, 3.8) is 0 Å². The summed E-state index contributed by atoms with van der Waals surface area (Å²) < 4.78 is 0. The second kappa shape index (κ2) is 61.9.